The summed E-state index contributed by atoms with van der Waals surface area (Å²) in [6.45, 7) is 3.07. The quantitative estimate of drug-likeness (QED) is 0.801. The molecule has 4 heteroatoms. The summed E-state index contributed by atoms with van der Waals surface area (Å²) in [6.07, 6.45) is 1.68. The molecule has 1 aromatic rings. The van der Waals surface area contributed by atoms with Crippen molar-refractivity contribution in [3.05, 3.63) is 29.3 Å². The van der Waals surface area contributed by atoms with Crippen molar-refractivity contribution in [3.8, 4) is 0 Å². The molecular formula is C14H18N2O2. The number of hydrogen-bond donors (Lipinski definition) is 1. The lowest BCUT2D eigenvalue weighted by Crippen LogP contribution is -2.29. The van der Waals surface area contributed by atoms with E-state index >= 15 is 0 Å². The maximum Gasteiger partial charge on any atom is 0.231 e. The second-order valence-corrected chi connectivity index (χ2v) is 4.48. The van der Waals surface area contributed by atoms with Gasteiger partial charge in [-0.1, -0.05) is 6.92 Å². The summed E-state index contributed by atoms with van der Waals surface area (Å²) in [5.41, 5.74) is 8.06. The van der Waals surface area contributed by atoms with Crippen LogP contribution in [0.25, 0.3) is 0 Å². The first-order valence-electron chi connectivity index (χ1n) is 6.34. The van der Waals surface area contributed by atoms with Crippen LogP contribution >= 0.6 is 0 Å². The lowest BCUT2D eigenvalue weighted by atomic mass is 10.0. The molecule has 2 rings (SSSR count). The Morgan fingerprint density at radius 3 is 2.89 bits per heavy atom. The zero-order valence-corrected chi connectivity index (χ0v) is 10.6. The summed E-state index contributed by atoms with van der Waals surface area (Å²) in [5, 5.41) is 0. The Morgan fingerprint density at radius 1 is 1.44 bits per heavy atom. The molecule has 1 heterocycles. The molecule has 18 heavy (non-hydrogen) atoms. The van der Waals surface area contributed by atoms with Crippen molar-refractivity contribution in [2.24, 2.45) is 5.73 Å². The van der Waals surface area contributed by atoms with Crippen LogP contribution in [-0.4, -0.2) is 24.8 Å². The third kappa shape index (κ3) is 2.29. The number of hydrogen-bond acceptors (Lipinski definition) is 3. The average Bonchev–Trinajstić information content (AvgIpc) is 2.70. The number of rotatable bonds is 5. The van der Waals surface area contributed by atoms with E-state index in [0.717, 1.165) is 17.7 Å². The summed E-state index contributed by atoms with van der Waals surface area (Å²) in [7, 11) is 0. The van der Waals surface area contributed by atoms with Gasteiger partial charge >= 0.3 is 0 Å². The van der Waals surface area contributed by atoms with E-state index in [4.69, 9.17) is 5.73 Å². The Hall–Kier alpha value is -1.68. The number of ketones is 1. The van der Waals surface area contributed by atoms with E-state index in [-0.39, 0.29) is 11.7 Å². The number of benzene rings is 1. The van der Waals surface area contributed by atoms with E-state index in [2.05, 4.69) is 0 Å². The largest absolute Gasteiger partial charge is 0.330 e. The van der Waals surface area contributed by atoms with Crippen LogP contribution in [0.3, 0.4) is 0 Å². The van der Waals surface area contributed by atoms with Gasteiger partial charge in [0.05, 0.1) is 6.42 Å². The minimum atomic E-state index is 0.0968. The van der Waals surface area contributed by atoms with Gasteiger partial charge in [0, 0.05) is 24.2 Å². The molecule has 0 unspecified atom stereocenters. The first kappa shape index (κ1) is 12.8. The molecule has 0 aliphatic carbocycles. The zero-order valence-electron chi connectivity index (χ0n) is 10.6. The van der Waals surface area contributed by atoms with Gasteiger partial charge in [-0.2, -0.15) is 0 Å². The van der Waals surface area contributed by atoms with Crippen molar-refractivity contribution in [2.45, 2.75) is 26.2 Å². The number of Topliss-reactive ketones (excluding diaryl/α,β-unsaturated/α-hetero) is 1. The highest BCUT2D eigenvalue weighted by molar-refractivity contribution is 6.03. The van der Waals surface area contributed by atoms with Crippen molar-refractivity contribution >= 4 is 17.4 Å². The number of fused-ring (bicyclic) bond motifs is 1. The zero-order chi connectivity index (χ0) is 13.1. The van der Waals surface area contributed by atoms with Crippen LogP contribution < -0.4 is 10.6 Å². The molecule has 0 aromatic heterocycles. The molecule has 0 bridgehead atoms. The molecule has 2 N–H and O–H groups in total. The van der Waals surface area contributed by atoms with Gasteiger partial charge in [0.2, 0.25) is 5.91 Å². The fraction of sp³-hybridized carbons (Fsp3) is 0.429. The molecule has 1 aromatic carbocycles. The molecule has 1 aliphatic rings. The van der Waals surface area contributed by atoms with Crippen molar-refractivity contribution in [1.82, 2.24) is 0 Å². The molecule has 1 aliphatic heterocycles. The van der Waals surface area contributed by atoms with Crippen molar-refractivity contribution < 1.29 is 9.59 Å². The molecule has 0 radical (unpaired) electrons. The van der Waals surface area contributed by atoms with Gasteiger partial charge in [-0.25, -0.2) is 0 Å². The number of nitrogens with two attached hydrogens (primary N) is 1. The summed E-state index contributed by atoms with van der Waals surface area (Å²) in [6, 6.07) is 5.53. The van der Waals surface area contributed by atoms with Gasteiger partial charge in [-0.15, -0.1) is 0 Å². The van der Waals surface area contributed by atoms with E-state index in [1.54, 1.807) is 11.0 Å². The highest BCUT2D eigenvalue weighted by Gasteiger charge is 2.27. The van der Waals surface area contributed by atoms with E-state index in [1.807, 2.05) is 19.1 Å². The van der Waals surface area contributed by atoms with Gasteiger partial charge in [-0.3, -0.25) is 9.59 Å². The SMILES string of the molecule is CCC(=O)c1ccc2c(c1)CC(=O)N2CCCN. The second kappa shape index (κ2) is 5.31. The predicted molar refractivity (Wildman–Crippen MR) is 70.8 cm³/mol. The van der Waals surface area contributed by atoms with Gasteiger partial charge in [0.1, 0.15) is 0 Å². The van der Waals surface area contributed by atoms with Gasteiger partial charge in [0.25, 0.3) is 0 Å². The number of carbonyl (C=O) groups excluding carboxylic acids is 2. The van der Waals surface area contributed by atoms with Crippen LogP contribution in [0.15, 0.2) is 18.2 Å². The smallest absolute Gasteiger partial charge is 0.231 e. The molecule has 0 saturated heterocycles. The molecule has 1 amide bonds. The highest BCUT2D eigenvalue weighted by Crippen LogP contribution is 2.30. The first-order chi connectivity index (χ1) is 8.67. The Bertz CT molecular complexity index is 483. The number of carbonyl (C=O) groups is 2. The topological polar surface area (TPSA) is 63.4 Å². The second-order valence-electron chi connectivity index (χ2n) is 4.48. The third-order valence-electron chi connectivity index (χ3n) is 3.24. The molecule has 0 saturated carbocycles. The number of nitrogens with zero attached hydrogens (tertiary/aromatic N) is 1. The lowest BCUT2D eigenvalue weighted by Gasteiger charge is -2.17. The summed E-state index contributed by atoms with van der Waals surface area (Å²) < 4.78 is 0. The fourth-order valence-electron chi connectivity index (χ4n) is 2.26. The number of anilines is 1. The summed E-state index contributed by atoms with van der Waals surface area (Å²) >= 11 is 0. The van der Waals surface area contributed by atoms with Crippen molar-refractivity contribution in [2.75, 3.05) is 18.0 Å². The molecule has 4 nitrogen and oxygen atoms in total. The van der Waals surface area contributed by atoms with E-state index in [1.165, 1.54) is 0 Å². The Labute approximate surface area is 107 Å². The normalized spacial score (nSPS) is 13.9. The molecule has 96 valence electrons. The van der Waals surface area contributed by atoms with E-state index in [0.29, 0.717) is 31.5 Å². The van der Waals surface area contributed by atoms with Crippen LogP contribution in [0.4, 0.5) is 5.69 Å². The monoisotopic (exact) mass is 246 g/mol. The maximum absolute atomic E-state index is 11.9. The molecule has 0 atom stereocenters. The predicted octanol–water partition coefficient (Wildman–Crippen LogP) is 1.52. The summed E-state index contributed by atoms with van der Waals surface area (Å²) in [5.74, 6) is 0.213. The van der Waals surface area contributed by atoms with Crippen LogP contribution in [0.2, 0.25) is 0 Å². The van der Waals surface area contributed by atoms with Gasteiger partial charge in [0.15, 0.2) is 5.78 Å². The minimum absolute atomic E-state index is 0.0968. The third-order valence-corrected chi connectivity index (χ3v) is 3.24. The average molecular weight is 246 g/mol. The van der Waals surface area contributed by atoms with Gasteiger partial charge < -0.3 is 10.6 Å². The minimum Gasteiger partial charge on any atom is -0.330 e. The van der Waals surface area contributed by atoms with Crippen LogP contribution in [0.5, 0.6) is 0 Å². The standard InChI is InChI=1S/C14H18N2O2/c1-2-13(17)10-4-5-12-11(8-10)9-14(18)16(12)7-3-6-15/h4-5,8H,2-3,6-7,9,15H2,1H3. The summed E-state index contributed by atoms with van der Waals surface area (Å²) in [4.78, 5) is 25.3. The van der Waals surface area contributed by atoms with E-state index < -0.39 is 0 Å². The van der Waals surface area contributed by atoms with Crippen LogP contribution in [0.1, 0.15) is 35.7 Å². The van der Waals surface area contributed by atoms with E-state index in [9.17, 15) is 9.59 Å². The fourth-order valence-corrected chi connectivity index (χ4v) is 2.26. The Balaban J connectivity index is 2.26. The molecule has 0 spiro atoms. The van der Waals surface area contributed by atoms with Gasteiger partial charge in [-0.05, 0) is 36.7 Å². The maximum atomic E-state index is 11.9. The Kier molecular flexibility index (Phi) is 3.77. The Morgan fingerprint density at radius 2 is 2.22 bits per heavy atom. The molecule has 0 fully saturated rings. The lowest BCUT2D eigenvalue weighted by molar-refractivity contribution is -0.117. The van der Waals surface area contributed by atoms with Crippen molar-refractivity contribution in [3.63, 3.8) is 0 Å². The molecular weight excluding hydrogens is 228 g/mol. The first-order valence-corrected chi connectivity index (χ1v) is 6.34. The highest BCUT2D eigenvalue weighted by atomic mass is 16.2. The van der Waals surface area contributed by atoms with Crippen LogP contribution in [-0.2, 0) is 11.2 Å². The van der Waals surface area contributed by atoms with Crippen LogP contribution in [0, 0.1) is 0 Å². The number of amides is 1. The van der Waals surface area contributed by atoms with Crippen molar-refractivity contribution in [1.29, 1.82) is 0 Å².